The number of rotatable bonds is 4. The Hall–Kier alpha value is -1.95. The third-order valence-corrected chi connectivity index (χ3v) is 8.60. The van der Waals surface area contributed by atoms with Crippen LogP contribution in [0.2, 0.25) is 0 Å². The number of hydrogen-bond donors (Lipinski definition) is 2. The molecule has 4 rings (SSSR count). The highest BCUT2D eigenvalue weighted by Crippen LogP contribution is 2.55. The van der Waals surface area contributed by atoms with Crippen molar-refractivity contribution in [3.05, 3.63) is 30.1 Å². The third-order valence-electron chi connectivity index (χ3n) is 8.60. The van der Waals surface area contributed by atoms with Crippen molar-refractivity contribution >= 4 is 11.8 Å². The van der Waals surface area contributed by atoms with Gasteiger partial charge in [-0.1, -0.05) is 20.8 Å². The van der Waals surface area contributed by atoms with Crippen molar-refractivity contribution in [1.29, 1.82) is 0 Å². The van der Waals surface area contributed by atoms with E-state index >= 15 is 0 Å². The molecule has 7 atom stereocenters. The summed E-state index contributed by atoms with van der Waals surface area (Å²) in [7, 11) is 0. The number of pyridine rings is 1. The lowest BCUT2D eigenvalue weighted by molar-refractivity contribution is -0.149. The third kappa shape index (κ3) is 4.23. The van der Waals surface area contributed by atoms with E-state index in [1.54, 1.807) is 24.5 Å². The maximum Gasteiger partial charge on any atom is 0.251 e. The molecule has 1 aliphatic heterocycles. The molecule has 2 N–H and O–H groups in total. The van der Waals surface area contributed by atoms with E-state index in [9.17, 15) is 14.7 Å². The first-order chi connectivity index (χ1) is 14.8. The Kier molecular flexibility index (Phi) is 6.38. The molecule has 2 saturated carbocycles. The Morgan fingerprint density at radius 3 is 2.52 bits per heavy atom. The number of aliphatic hydroxyl groups is 1. The summed E-state index contributed by atoms with van der Waals surface area (Å²) < 4.78 is 0. The molecule has 31 heavy (non-hydrogen) atoms. The van der Waals surface area contributed by atoms with Crippen molar-refractivity contribution in [3.63, 3.8) is 0 Å². The number of fused-ring (bicyclic) bond motifs is 1. The van der Waals surface area contributed by atoms with E-state index in [0.29, 0.717) is 5.56 Å². The van der Waals surface area contributed by atoms with Crippen LogP contribution in [0.4, 0.5) is 0 Å². The standard InChI is InChI=1S/C25H37N3O3/c1-16(24(31)28-14-4-5-15-28)19-6-10-25(3)11-7-20(17(2)21(25)22(19)29)27-23(30)18-8-12-26-13-9-18/h8-9,12-13,16-17,19-22,29H,4-7,10-11,14-15H2,1-3H3,(H,27,30)/t16-,17+,19+,20-,21+,22-,25-/m0/s1. The van der Waals surface area contributed by atoms with Gasteiger partial charge in [0.25, 0.3) is 5.91 Å². The summed E-state index contributed by atoms with van der Waals surface area (Å²) in [4.78, 5) is 31.7. The van der Waals surface area contributed by atoms with Gasteiger partial charge in [0.2, 0.25) is 5.91 Å². The highest BCUT2D eigenvalue weighted by atomic mass is 16.3. The van der Waals surface area contributed by atoms with Crippen LogP contribution in [0.5, 0.6) is 0 Å². The highest BCUT2D eigenvalue weighted by molar-refractivity contribution is 5.94. The topological polar surface area (TPSA) is 82.5 Å². The van der Waals surface area contributed by atoms with Crippen molar-refractivity contribution in [2.45, 2.75) is 71.4 Å². The van der Waals surface area contributed by atoms with Crippen molar-refractivity contribution in [2.24, 2.45) is 29.1 Å². The highest BCUT2D eigenvalue weighted by Gasteiger charge is 2.54. The van der Waals surface area contributed by atoms with Crippen LogP contribution in [0.1, 0.15) is 69.7 Å². The molecule has 0 bridgehead atoms. The zero-order chi connectivity index (χ0) is 22.2. The number of carbonyl (C=O) groups is 2. The van der Waals surface area contributed by atoms with Crippen LogP contribution in [0.15, 0.2) is 24.5 Å². The summed E-state index contributed by atoms with van der Waals surface area (Å²) in [5.41, 5.74) is 0.673. The van der Waals surface area contributed by atoms with Gasteiger partial charge in [-0.25, -0.2) is 0 Å². The Labute approximate surface area is 185 Å². The lowest BCUT2D eigenvalue weighted by atomic mass is 9.51. The lowest BCUT2D eigenvalue weighted by Crippen LogP contribution is -2.58. The second-order valence-corrected chi connectivity index (χ2v) is 10.4. The quantitative estimate of drug-likeness (QED) is 0.773. The largest absolute Gasteiger partial charge is 0.392 e. The summed E-state index contributed by atoms with van der Waals surface area (Å²) in [6.07, 6.45) is 8.75. The molecule has 2 amide bonds. The number of nitrogens with one attached hydrogen (secondary N) is 1. The number of likely N-dealkylation sites (tertiary alicyclic amines) is 1. The van der Waals surface area contributed by atoms with E-state index in [1.165, 1.54) is 0 Å². The second kappa shape index (κ2) is 8.89. The van der Waals surface area contributed by atoms with Crippen molar-refractivity contribution in [2.75, 3.05) is 13.1 Å². The fraction of sp³-hybridized carbons (Fsp3) is 0.720. The van der Waals surface area contributed by atoms with E-state index < -0.39 is 6.10 Å². The molecule has 2 aliphatic carbocycles. The van der Waals surface area contributed by atoms with Crippen LogP contribution >= 0.6 is 0 Å². The number of aromatic nitrogens is 1. The molecule has 0 spiro atoms. The van der Waals surface area contributed by atoms with Crippen LogP contribution in [0.25, 0.3) is 0 Å². The summed E-state index contributed by atoms with van der Waals surface area (Å²) in [6, 6.07) is 3.48. The maximum atomic E-state index is 13.0. The van der Waals surface area contributed by atoms with Crippen molar-refractivity contribution in [3.8, 4) is 0 Å². The Morgan fingerprint density at radius 1 is 1.19 bits per heavy atom. The Balaban J connectivity index is 1.48. The fourth-order valence-electron chi connectivity index (χ4n) is 6.66. The fourth-order valence-corrected chi connectivity index (χ4v) is 6.66. The SMILES string of the molecule is C[C@H]1[C@@H]2[C@@H](O)[C@@H]([C@H](C)C(=O)N3CCCC3)CC[C@@]2(C)CC[C@@H]1NC(=O)c1ccncc1. The minimum absolute atomic E-state index is 0.0109. The Bertz CT molecular complexity index is 794. The minimum atomic E-state index is -0.518. The predicted molar refractivity (Wildman–Crippen MR) is 119 cm³/mol. The van der Waals surface area contributed by atoms with E-state index in [2.05, 4.69) is 24.1 Å². The second-order valence-electron chi connectivity index (χ2n) is 10.4. The van der Waals surface area contributed by atoms with E-state index in [4.69, 9.17) is 0 Å². The van der Waals surface area contributed by atoms with Crippen LogP contribution in [0.3, 0.4) is 0 Å². The number of amides is 2. The van der Waals surface area contributed by atoms with E-state index in [-0.39, 0.29) is 46.9 Å². The molecule has 0 radical (unpaired) electrons. The molecule has 1 aromatic heterocycles. The van der Waals surface area contributed by atoms with Gasteiger partial charge >= 0.3 is 0 Å². The normalized spacial score (nSPS) is 36.5. The van der Waals surface area contributed by atoms with Crippen molar-refractivity contribution in [1.82, 2.24) is 15.2 Å². The molecule has 2 heterocycles. The predicted octanol–water partition coefficient (Wildman–Crippen LogP) is 3.26. The average Bonchev–Trinajstić information content (AvgIpc) is 3.30. The Morgan fingerprint density at radius 2 is 1.84 bits per heavy atom. The minimum Gasteiger partial charge on any atom is -0.392 e. The van der Waals surface area contributed by atoms with Gasteiger partial charge in [0.05, 0.1) is 6.10 Å². The van der Waals surface area contributed by atoms with Gasteiger partial charge in [-0.3, -0.25) is 14.6 Å². The van der Waals surface area contributed by atoms with Crippen molar-refractivity contribution < 1.29 is 14.7 Å². The van der Waals surface area contributed by atoms with Gasteiger partial charge in [-0.2, -0.15) is 0 Å². The first kappa shape index (κ1) is 22.3. The van der Waals surface area contributed by atoms with E-state index in [0.717, 1.165) is 51.6 Å². The molecule has 1 aromatic rings. The summed E-state index contributed by atoms with van der Waals surface area (Å²) in [6.45, 7) is 8.17. The van der Waals surface area contributed by atoms with E-state index in [1.807, 2.05) is 11.8 Å². The molecular formula is C25H37N3O3. The van der Waals surface area contributed by atoms with Crippen LogP contribution in [-0.4, -0.2) is 52.0 Å². The molecule has 170 valence electrons. The monoisotopic (exact) mass is 427 g/mol. The van der Waals surface area contributed by atoms with Gasteiger partial charge < -0.3 is 15.3 Å². The number of aliphatic hydroxyl groups excluding tert-OH is 1. The van der Waals surface area contributed by atoms with Crippen LogP contribution < -0.4 is 5.32 Å². The number of nitrogens with zero attached hydrogens (tertiary/aromatic N) is 2. The zero-order valence-corrected chi connectivity index (χ0v) is 19.1. The number of carbonyl (C=O) groups excluding carboxylic acids is 2. The molecule has 1 saturated heterocycles. The van der Waals surface area contributed by atoms with Crippen LogP contribution in [0, 0.1) is 29.1 Å². The molecule has 6 nitrogen and oxygen atoms in total. The van der Waals surface area contributed by atoms with Gasteiger partial charge in [-0.05, 0) is 73.8 Å². The van der Waals surface area contributed by atoms with Crippen LogP contribution in [-0.2, 0) is 4.79 Å². The summed E-state index contributed by atoms with van der Waals surface area (Å²) >= 11 is 0. The molecular weight excluding hydrogens is 390 g/mol. The molecule has 3 aliphatic rings. The summed E-state index contributed by atoms with van der Waals surface area (Å²) in [5.74, 6) is 0.186. The average molecular weight is 428 g/mol. The molecule has 0 unspecified atom stereocenters. The maximum absolute atomic E-state index is 13.0. The molecule has 6 heteroatoms. The van der Waals surface area contributed by atoms with Gasteiger partial charge in [0, 0.05) is 43.0 Å². The lowest BCUT2D eigenvalue weighted by Gasteiger charge is -2.56. The molecule has 3 fully saturated rings. The van der Waals surface area contributed by atoms with Gasteiger partial charge in [0.1, 0.15) is 0 Å². The number of hydrogen-bond acceptors (Lipinski definition) is 4. The first-order valence-electron chi connectivity index (χ1n) is 12.0. The molecule has 0 aromatic carbocycles. The summed E-state index contributed by atoms with van der Waals surface area (Å²) in [5, 5.41) is 14.8. The smallest absolute Gasteiger partial charge is 0.251 e. The first-order valence-corrected chi connectivity index (χ1v) is 12.0. The van der Waals surface area contributed by atoms with Gasteiger partial charge in [-0.15, -0.1) is 0 Å². The zero-order valence-electron chi connectivity index (χ0n) is 19.1. The van der Waals surface area contributed by atoms with Gasteiger partial charge in [0.15, 0.2) is 0 Å².